The van der Waals surface area contributed by atoms with Crippen LogP contribution in [0.5, 0.6) is 5.75 Å². The number of nitrogens with zero attached hydrogens (tertiary/aromatic N) is 1. The van der Waals surface area contributed by atoms with Crippen LogP contribution in [0.25, 0.3) is 0 Å². The van der Waals surface area contributed by atoms with Crippen molar-refractivity contribution in [3.05, 3.63) is 52.2 Å². The highest BCUT2D eigenvalue weighted by atomic mass is 32.1. The van der Waals surface area contributed by atoms with Crippen molar-refractivity contribution in [2.75, 3.05) is 6.54 Å². The molecule has 0 radical (unpaired) electrons. The average Bonchev–Trinajstić information content (AvgIpc) is 2.85. The summed E-state index contributed by atoms with van der Waals surface area (Å²) in [5.41, 5.74) is 1.54. The van der Waals surface area contributed by atoms with Gasteiger partial charge in [-0.1, -0.05) is 12.1 Å². The Bertz CT molecular complexity index is 494. The number of benzene rings is 1. The van der Waals surface area contributed by atoms with Gasteiger partial charge < -0.3 is 10.2 Å². The molecule has 17 heavy (non-hydrogen) atoms. The molecular weight excluding hydrogens is 234 g/mol. The summed E-state index contributed by atoms with van der Waals surface area (Å²) in [6.45, 7) is 0.297. The van der Waals surface area contributed by atoms with Gasteiger partial charge in [-0.15, -0.1) is 0 Å². The molecule has 0 bridgehead atoms. The fourth-order valence-electron chi connectivity index (χ4n) is 1.42. The van der Waals surface area contributed by atoms with Gasteiger partial charge in [0.05, 0.1) is 12.6 Å². The van der Waals surface area contributed by atoms with E-state index in [1.54, 1.807) is 35.8 Å². The van der Waals surface area contributed by atoms with Crippen LogP contribution in [-0.4, -0.2) is 23.0 Å². The number of hydrogen-bond acceptors (Lipinski definition) is 4. The lowest BCUT2D eigenvalue weighted by molar-refractivity contribution is 0.188. The third-order valence-electron chi connectivity index (χ3n) is 2.37. The third kappa shape index (κ3) is 3.15. The van der Waals surface area contributed by atoms with Crippen molar-refractivity contribution in [2.45, 2.75) is 6.10 Å². The molecule has 0 aliphatic carbocycles. The Hall–Kier alpha value is -1.65. The number of thiophene rings is 1. The lowest BCUT2D eigenvalue weighted by Gasteiger charge is -2.04. The van der Waals surface area contributed by atoms with Gasteiger partial charge in [0.2, 0.25) is 0 Å². The molecule has 1 atom stereocenters. The van der Waals surface area contributed by atoms with E-state index in [0.717, 1.165) is 5.56 Å². The molecule has 1 unspecified atom stereocenters. The second-order valence-corrected chi connectivity index (χ2v) is 4.41. The Morgan fingerprint density at radius 1 is 1.29 bits per heavy atom. The standard InChI is InChI=1S/C13H13NO2S/c15-12-4-2-1-3-10(12)7-14-8-13(16)11-5-6-17-9-11/h1-7,9,13,15-16H,8H2. The van der Waals surface area contributed by atoms with E-state index < -0.39 is 6.10 Å². The third-order valence-corrected chi connectivity index (χ3v) is 3.07. The molecule has 0 aliphatic rings. The first-order valence-electron chi connectivity index (χ1n) is 5.25. The first kappa shape index (κ1) is 11.8. The maximum atomic E-state index is 9.79. The molecule has 0 spiro atoms. The number of hydrogen-bond donors (Lipinski definition) is 2. The summed E-state index contributed by atoms with van der Waals surface area (Å²) < 4.78 is 0. The Morgan fingerprint density at radius 3 is 2.82 bits per heavy atom. The van der Waals surface area contributed by atoms with Gasteiger partial charge >= 0.3 is 0 Å². The molecular formula is C13H13NO2S. The van der Waals surface area contributed by atoms with Crippen molar-refractivity contribution < 1.29 is 10.2 Å². The van der Waals surface area contributed by atoms with Crippen LogP contribution in [0.3, 0.4) is 0 Å². The smallest absolute Gasteiger partial charge is 0.124 e. The lowest BCUT2D eigenvalue weighted by atomic mass is 10.2. The van der Waals surface area contributed by atoms with Crippen LogP contribution in [0.4, 0.5) is 0 Å². The number of phenols is 1. The summed E-state index contributed by atoms with van der Waals surface area (Å²) >= 11 is 1.55. The van der Waals surface area contributed by atoms with Crippen LogP contribution in [0.1, 0.15) is 17.2 Å². The predicted molar refractivity (Wildman–Crippen MR) is 69.8 cm³/mol. The molecule has 2 aromatic rings. The normalized spacial score (nSPS) is 13.0. The van der Waals surface area contributed by atoms with E-state index in [1.807, 2.05) is 22.9 Å². The fourth-order valence-corrected chi connectivity index (χ4v) is 2.12. The van der Waals surface area contributed by atoms with Gasteiger partial charge in [0, 0.05) is 11.8 Å². The van der Waals surface area contributed by atoms with E-state index in [2.05, 4.69) is 4.99 Å². The van der Waals surface area contributed by atoms with Gasteiger partial charge in [-0.25, -0.2) is 0 Å². The monoisotopic (exact) mass is 247 g/mol. The van der Waals surface area contributed by atoms with E-state index in [9.17, 15) is 10.2 Å². The largest absolute Gasteiger partial charge is 0.507 e. The van der Waals surface area contributed by atoms with Crippen molar-refractivity contribution in [2.24, 2.45) is 4.99 Å². The van der Waals surface area contributed by atoms with Gasteiger partial charge in [-0.2, -0.15) is 11.3 Å². The van der Waals surface area contributed by atoms with Crippen LogP contribution >= 0.6 is 11.3 Å². The molecule has 0 saturated heterocycles. The SMILES string of the molecule is Oc1ccccc1C=NCC(O)c1ccsc1. The Kier molecular flexibility index (Phi) is 3.90. The highest BCUT2D eigenvalue weighted by Gasteiger charge is 2.05. The second-order valence-electron chi connectivity index (χ2n) is 3.63. The van der Waals surface area contributed by atoms with Crippen LogP contribution in [0, 0.1) is 0 Å². The maximum Gasteiger partial charge on any atom is 0.124 e. The fraction of sp³-hybridized carbons (Fsp3) is 0.154. The van der Waals surface area contributed by atoms with Crippen molar-refractivity contribution in [1.29, 1.82) is 0 Å². The van der Waals surface area contributed by atoms with Crippen molar-refractivity contribution >= 4 is 17.6 Å². The quantitative estimate of drug-likeness (QED) is 0.816. The van der Waals surface area contributed by atoms with Gasteiger partial charge in [-0.3, -0.25) is 4.99 Å². The Labute approximate surface area is 104 Å². The number of aliphatic imine (C=N–C) groups is 1. The number of aliphatic hydroxyl groups excluding tert-OH is 1. The van der Waals surface area contributed by atoms with Crippen molar-refractivity contribution in [3.8, 4) is 5.75 Å². The molecule has 1 heterocycles. The van der Waals surface area contributed by atoms with E-state index in [0.29, 0.717) is 12.1 Å². The van der Waals surface area contributed by atoms with Gasteiger partial charge in [-0.05, 0) is 34.5 Å². The molecule has 0 amide bonds. The topological polar surface area (TPSA) is 52.8 Å². The number of rotatable bonds is 4. The summed E-state index contributed by atoms with van der Waals surface area (Å²) in [6.07, 6.45) is 0.994. The number of phenolic OH excluding ortho intramolecular Hbond substituents is 1. The highest BCUT2D eigenvalue weighted by molar-refractivity contribution is 7.07. The lowest BCUT2D eigenvalue weighted by Crippen LogP contribution is -2.00. The molecule has 2 rings (SSSR count). The molecule has 3 nitrogen and oxygen atoms in total. The molecule has 1 aromatic carbocycles. The Morgan fingerprint density at radius 2 is 2.12 bits per heavy atom. The van der Waals surface area contributed by atoms with E-state index in [1.165, 1.54) is 0 Å². The summed E-state index contributed by atoms with van der Waals surface area (Å²) in [5.74, 6) is 0.196. The first-order valence-corrected chi connectivity index (χ1v) is 6.19. The zero-order valence-corrected chi connectivity index (χ0v) is 9.97. The molecule has 0 saturated carbocycles. The minimum absolute atomic E-state index is 0.196. The summed E-state index contributed by atoms with van der Waals surface area (Å²) in [7, 11) is 0. The molecule has 4 heteroatoms. The van der Waals surface area contributed by atoms with Crippen LogP contribution < -0.4 is 0 Å². The molecule has 88 valence electrons. The van der Waals surface area contributed by atoms with E-state index in [-0.39, 0.29) is 5.75 Å². The zero-order chi connectivity index (χ0) is 12.1. The average molecular weight is 247 g/mol. The maximum absolute atomic E-state index is 9.79. The van der Waals surface area contributed by atoms with Crippen LogP contribution in [-0.2, 0) is 0 Å². The second kappa shape index (κ2) is 5.61. The summed E-state index contributed by atoms with van der Waals surface area (Å²) in [6, 6.07) is 8.85. The highest BCUT2D eigenvalue weighted by Crippen LogP contribution is 2.17. The zero-order valence-electron chi connectivity index (χ0n) is 9.15. The number of aromatic hydroxyl groups is 1. The molecule has 2 N–H and O–H groups in total. The number of aliphatic hydroxyl groups is 1. The van der Waals surface area contributed by atoms with Crippen molar-refractivity contribution in [1.82, 2.24) is 0 Å². The molecule has 1 aromatic heterocycles. The van der Waals surface area contributed by atoms with Crippen LogP contribution in [0.15, 0.2) is 46.1 Å². The van der Waals surface area contributed by atoms with Crippen molar-refractivity contribution in [3.63, 3.8) is 0 Å². The molecule has 0 aliphatic heterocycles. The minimum atomic E-state index is -0.580. The first-order chi connectivity index (χ1) is 8.27. The van der Waals surface area contributed by atoms with Gasteiger partial charge in [0.1, 0.15) is 5.75 Å². The van der Waals surface area contributed by atoms with Gasteiger partial charge in [0.15, 0.2) is 0 Å². The predicted octanol–water partition coefficient (Wildman–Crippen LogP) is 2.61. The Balaban J connectivity index is 1.96. The summed E-state index contributed by atoms with van der Waals surface area (Å²) in [5, 5.41) is 23.1. The van der Waals surface area contributed by atoms with E-state index >= 15 is 0 Å². The molecule has 0 fully saturated rings. The number of para-hydroxylation sites is 1. The summed E-state index contributed by atoms with van der Waals surface area (Å²) in [4.78, 5) is 4.13. The minimum Gasteiger partial charge on any atom is -0.507 e. The van der Waals surface area contributed by atoms with Gasteiger partial charge in [0.25, 0.3) is 0 Å². The van der Waals surface area contributed by atoms with Crippen LogP contribution in [0.2, 0.25) is 0 Å². The van der Waals surface area contributed by atoms with E-state index in [4.69, 9.17) is 0 Å².